The van der Waals surface area contributed by atoms with Crippen LogP contribution >= 0.6 is 0 Å². The van der Waals surface area contributed by atoms with Gasteiger partial charge in [0.25, 0.3) is 0 Å². The van der Waals surface area contributed by atoms with E-state index in [0.717, 1.165) is 57.8 Å². The van der Waals surface area contributed by atoms with Crippen LogP contribution in [0, 0.1) is 0 Å². The van der Waals surface area contributed by atoms with Gasteiger partial charge in [-0.1, -0.05) is 152 Å². The highest BCUT2D eigenvalue weighted by Gasteiger charge is 2.47. The highest BCUT2D eigenvalue weighted by Crippen LogP contribution is 2.26. The number of carbonyl (C=O) groups is 2. The molecule has 2 heterocycles. The molecule has 4 unspecified atom stereocenters. The van der Waals surface area contributed by atoms with Gasteiger partial charge in [0.15, 0.2) is 18.7 Å². The number of carbonyl (C=O) groups excluding carboxylic acids is 2. The zero-order valence-electron chi connectivity index (χ0n) is 42.7. The minimum absolute atomic E-state index is 0.129. The number of aliphatic hydroxyl groups is 7. The molecule has 0 saturated carbocycles. The molecule has 70 heavy (non-hydrogen) atoms. The van der Waals surface area contributed by atoms with Crippen LogP contribution in [0.2, 0.25) is 0 Å². The lowest BCUT2D eigenvalue weighted by Gasteiger charge is -2.42. The molecular formula is C55H94O15. The second-order valence-corrected chi connectivity index (χ2v) is 18.7. The molecule has 0 radical (unpaired) electrons. The molecule has 0 amide bonds. The van der Waals surface area contributed by atoms with Gasteiger partial charge in [-0.2, -0.15) is 0 Å². The Balaban J connectivity index is 1.83. The number of hydrogen-bond acceptors (Lipinski definition) is 15. The van der Waals surface area contributed by atoms with E-state index in [-0.39, 0.29) is 19.4 Å². The van der Waals surface area contributed by atoms with Crippen LogP contribution in [-0.2, 0) is 38.0 Å². The summed E-state index contributed by atoms with van der Waals surface area (Å²) in [5, 5.41) is 72.1. The Morgan fingerprint density at radius 3 is 1.41 bits per heavy atom. The summed E-state index contributed by atoms with van der Waals surface area (Å²) >= 11 is 0. The topological polar surface area (TPSA) is 231 Å². The fourth-order valence-electron chi connectivity index (χ4n) is 8.03. The third-order valence-electron chi connectivity index (χ3n) is 12.5. The monoisotopic (exact) mass is 995 g/mol. The number of hydrogen-bond donors (Lipinski definition) is 7. The molecule has 0 aromatic carbocycles. The van der Waals surface area contributed by atoms with E-state index in [0.29, 0.717) is 19.3 Å². The Hall–Kier alpha value is -2.80. The minimum Gasteiger partial charge on any atom is -0.462 e. The van der Waals surface area contributed by atoms with Crippen molar-refractivity contribution >= 4 is 11.9 Å². The zero-order chi connectivity index (χ0) is 51.0. The molecule has 0 spiro atoms. The fraction of sp³-hybridized carbons (Fsp3) is 0.782. The summed E-state index contributed by atoms with van der Waals surface area (Å²) in [4.78, 5) is 25.8. The third-order valence-corrected chi connectivity index (χ3v) is 12.5. The molecule has 0 aliphatic carbocycles. The molecule has 2 saturated heterocycles. The maximum absolute atomic E-state index is 13.0. The Morgan fingerprint density at radius 2 is 0.871 bits per heavy atom. The van der Waals surface area contributed by atoms with Crippen molar-refractivity contribution in [3.05, 3.63) is 60.8 Å². The van der Waals surface area contributed by atoms with Gasteiger partial charge in [0.05, 0.1) is 19.8 Å². The molecule has 0 aromatic heterocycles. The van der Waals surface area contributed by atoms with Gasteiger partial charge in [0, 0.05) is 12.8 Å². The molecular weight excluding hydrogens is 901 g/mol. The van der Waals surface area contributed by atoms with Gasteiger partial charge in [0.2, 0.25) is 0 Å². The van der Waals surface area contributed by atoms with E-state index in [1.807, 2.05) is 6.08 Å². The summed E-state index contributed by atoms with van der Waals surface area (Å²) in [7, 11) is 0. The summed E-state index contributed by atoms with van der Waals surface area (Å²) in [6.07, 6.45) is 31.1. The first-order chi connectivity index (χ1) is 34.0. The number of allylic oxidation sites excluding steroid dienone is 10. The first kappa shape index (κ1) is 63.3. The van der Waals surface area contributed by atoms with Crippen LogP contribution in [0.3, 0.4) is 0 Å². The van der Waals surface area contributed by atoms with E-state index in [4.69, 9.17) is 28.4 Å². The zero-order valence-corrected chi connectivity index (χ0v) is 42.7. The first-order valence-electron chi connectivity index (χ1n) is 26.9. The maximum atomic E-state index is 13.0. The largest absolute Gasteiger partial charge is 0.462 e. The van der Waals surface area contributed by atoms with Crippen LogP contribution in [-0.4, -0.2) is 142 Å². The van der Waals surface area contributed by atoms with E-state index in [2.05, 4.69) is 68.5 Å². The number of ether oxygens (including phenoxy) is 6. The van der Waals surface area contributed by atoms with E-state index in [9.17, 15) is 45.3 Å². The normalized spacial score (nSPS) is 25.8. The highest BCUT2D eigenvalue weighted by atomic mass is 16.7. The Labute approximate surface area is 420 Å². The predicted molar refractivity (Wildman–Crippen MR) is 270 cm³/mol. The van der Waals surface area contributed by atoms with Gasteiger partial charge in [-0.05, 0) is 77.0 Å². The number of aliphatic hydroxyl groups excluding tert-OH is 7. The smallest absolute Gasteiger partial charge is 0.306 e. The van der Waals surface area contributed by atoms with Crippen LogP contribution in [0.25, 0.3) is 0 Å². The van der Waals surface area contributed by atoms with E-state index >= 15 is 0 Å². The minimum atomic E-state index is -1.78. The second kappa shape index (κ2) is 41.6. The highest BCUT2D eigenvalue weighted by molar-refractivity contribution is 5.70. The average Bonchev–Trinajstić information content (AvgIpc) is 3.35. The quantitative estimate of drug-likeness (QED) is 0.0175. The summed E-state index contributed by atoms with van der Waals surface area (Å²) < 4.78 is 33.5. The van der Waals surface area contributed by atoms with Gasteiger partial charge in [-0.15, -0.1) is 0 Å². The van der Waals surface area contributed by atoms with Crippen LogP contribution in [0.4, 0.5) is 0 Å². The first-order valence-corrected chi connectivity index (χ1v) is 26.9. The van der Waals surface area contributed by atoms with E-state index in [1.165, 1.54) is 77.0 Å². The van der Waals surface area contributed by atoms with Crippen molar-refractivity contribution < 1.29 is 73.8 Å². The third kappa shape index (κ3) is 29.0. The van der Waals surface area contributed by atoms with E-state index in [1.54, 1.807) is 0 Å². The van der Waals surface area contributed by atoms with Crippen molar-refractivity contribution in [2.45, 2.75) is 248 Å². The maximum Gasteiger partial charge on any atom is 0.306 e. The van der Waals surface area contributed by atoms with Gasteiger partial charge >= 0.3 is 11.9 Å². The standard InChI is InChI=1S/C55H94O15/c1-3-5-7-9-11-13-15-17-19-21-23-25-27-29-31-33-35-37-46(57)65-40-43(68-47(58)38-36-34-32-30-28-26-24-22-20-18-16-14-12-10-8-6-4-2)41-66-54-53(64)51(62)49(60)45(70-54)42-67-55-52(63)50(61)48(59)44(39-56)69-55/h12,14,18,20,23-26,29,31,43-45,48-56,59-64H,3-11,13,15-17,19,21-22,27-28,30,32-42H2,1-2H3/b14-12+,20-18+,25-23+,26-24+,31-29+/t43-,44+,45+,48-,49-,50?,51?,52?,53?,54+,55+/m0/s1. The lowest BCUT2D eigenvalue weighted by atomic mass is 9.98. The van der Waals surface area contributed by atoms with Gasteiger partial charge < -0.3 is 64.2 Å². The SMILES string of the molecule is CCCCC/C=C/C/C=C/C/C=C/CCCCCCC(=O)O[C@@H](COC(=O)CCC/C=C/C/C=C/CCCCCCCCCCC)CO[C@@H]1O[C@H](CO[C@@H]2O[C@H](CO)[C@H](O)C(O)C2O)[C@H](O)C(O)C1O. The van der Waals surface area contributed by atoms with Gasteiger partial charge in [-0.25, -0.2) is 0 Å². The van der Waals surface area contributed by atoms with Crippen molar-refractivity contribution in [1.29, 1.82) is 0 Å². The molecule has 15 heteroatoms. The Bertz CT molecular complexity index is 1450. The molecule has 2 aliphatic heterocycles. The molecule has 404 valence electrons. The van der Waals surface area contributed by atoms with E-state index < -0.39 is 99.3 Å². The summed E-state index contributed by atoms with van der Waals surface area (Å²) in [5.41, 5.74) is 0. The summed E-state index contributed by atoms with van der Waals surface area (Å²) in [6, 6.07) is 0. The fourth-order valence-corrected chi connectivity index (χ4v) is 8.03. The number of unbranched alkanes of at least 4 members (excludes halogenated alkanes) is 17. The van der Waals surface area contributed by atoms with Crippen LogP contribution in [0.1, 0.15) is 181 Å². The lowest BCUT2D eigenvalue weighted by molar-refractivity contribution is -0.332. The van der Waals surface area contributed by atoms with Gasteiger partial charge in [-0.3, -0.25) is 9.59 Å². The molecule has 2 rings (SSSR count). The molecule has 0 aromatic rings. The lowest BCUT2D eigenvalue weighted by Crippen LogP contribution is -2.61. The van der Waals surface area contributed by atoms with Crippen LogP contribution in [0.15, 0.2) is 60.8 Å². The van der Waals surface area contributed by atoms with Crippen molar-refractivity contribution in [1.82, 2.24) is 0 Å². The molecule has 7 N–H and O–H groups in total. The van der Waals surface area contributed by atoms with Crippen molar-refractivity contribution in [3.63, 3.8) is 0 Å². The Morgan fingerprint density at radius 1 is 0.457 bits per heavy atom. The summed E-state index contributed by atoms with van der Waals surface area (Å²) in [5.74, 6) is -1.01. The van der Waals surface area contributed by atoms with Gasteiger partial charge in [0.1, 0.15) is 55.4 Å². The number of esters is 2. The van der Waals surface area contributed by atoms with Crippen molar-refractivity contribution in [2.24, 2.45) is 0 Å². The molecule has 2 fully saturated rings. The molecule has 11 atom stereocenters. The van der Waals surface area contributed by atoms with Crippen molar-refractivity contribution in [2.75, 3.05) is 26.4 Å². The van der Waals surface area contributed by atoms with Crippen molar-refractivity contribution in [3.8, 4) is 0 Å². The van der Waals surface area contributed by atoms with Crippen LogP contribution in [0.5, 0.6) is 0 Å². The molecule has 2 aliphatic rings. The predicted octanol–water partition coefficient (Wildman–Crippen LogP) is 8.05. The van der Waals surface area contributed by atoms with Crippen LogP contribution < -0.4 is 0 Å². The summed E-state index contributed by atoms with van der Waals surface area (Å²) in [6.45, 7) is 2.49. The Kier molecular flexibility index (Phi) is 37.7. The average molecular weight is 995 g/mol. The number of rotatable bonds is 41. The molecule has 15 nitrogen and oxygen atoms in total. The molecule has 0 bridgehead atoms. The second-order valence-electron chi connectivity index (χ2n) is 18.7.